The highest BCUT2D eigenvalue weighted by molar-refractivity contribution is 5.92. The second-order valence-corrected chi connectivity index (χ2v) is 6.91. The Balaban J connectivity index is 1.39. The predicted molar refractivity (Wildman–Crippen MR) is 110 cm³/mol. The lowest BCUT2D eigenvalue weighted by Gasteiger charge is -2.06. The third-order valence-corrected chi connectivity index (χ3v) is 4.66. The summed E-state index contributed by atoms with van der Waals surface area (Å²) in [4.78, 5) is 22.8. The van der Waals surface area contributed by atoms with Crippen molar-refractivity contribution in [1.82, 2.24) is 24.9 Å². The Morgan fingerprint density at radius 3 is 2.33 bits per heavy atom. The van der Waals surface area contributed by atoms with Crippen LogP contribution in [0.2, 0.25) is 0 Å². The maximum Gasteiger partial charge on any atom is 0.435 e. The van der Waals surface area contributed by atoms with Gasteiger partial charge in [0.2, 0.25) is 0 Å². The molecule has 0 radical (unpaired) electrons. The van der Waals surface area contributed by atoms with Crippen LogP contribution in [0.5, 0.6) is 0 Å². The van der Waals surface area contributed by atoms with Gasteiger partial charge in [0.25, 0.3) is 11.6 Å². The summed E-state index contributed by atoms with van der Waals surface area (Å²) in [6.45, 7) is 0.162. The van der Waals surface area contributed by atoms with E-state index in [4.69, 9.17) is 0 Å². The van der Waals surface area contributed by atoms with Crippen LogP contribution in [0.1, 0.15) is 21.7 Å². The Kier molecular flexibility index (Phi) is 5.65. The van der Waals surface area contributed by atoms with Gasteiger partial charge < -0.3 is 5.32 Å². The minimum atomic E-state index is -4.52. The minimum Gasteiger partial charge on any atom is -0.347 e. The molecule has 0 aliphatic carbocycles. The molecule has 0 saturated heterocycles. The summed E-state index contributed by atoms with van der Waals surface area (Å²) in [7, 11) is 0. The van der Waals surface area contributed by atoms with Crippen LogP contribution < -0.4 is 5.32 Å². The SMILES string of the molecule is O=C(NCc1ccc(-n2ccc(C(F)(F)F)n2)cc1)c1ccn(-c2cccc([N+](=O)[O-])c2)n1. The number of benzene rings is 2. The molecule has 2 aromatic carbocycles. The first-order valence-corrected chi connectivity index (χ1v) is 9.51. The zero-order valence-corrected chi connectivity index (χ0v) is 16.7. The molecule has 4 rings (SSSR count). The van der Waals surface area contributed by atoms with Crippen molar-refractivity contribution in [3.8, 4) is 11.4 Å². The van der Waals surface area contributed by atoms with Gasteiger partial charge in [0.15, 0.2) is 11.4 Å². The Labute approximate surface area is 184 Å². The fourth-order valence-electron chi connectivity index (χ4n) is 3.00. The van der Waals surface area contributed by atoms with Crippen molar-refractivity contribution in [2.45, 2.75) is 12.7 Å². The highest BCUT2D eigenvalue weighted by atomic mass is 19.4. The van der Waals surface area contributed by atoms with Gasteiger partial charge in [-0.2, -0.15) is 23.4 Å². The number of nitrogens with zero attached hydrogens (tertiary/aromatic N) is 5. The molecule has 0 unspecified atom stereocenters. The molecule has 0 aliphatic rings. The lowest BCUT2D eigenvalue weighted by atomic mass is 10.2. The number of hydrogen-bond donors (Lipinski definition) is 1. The van der Waals surface area contributed by atoms with E-state index in [1.54, 1.807) is 30.3 Å². The number of alkyl halides is 3. The van der Waals surface area contributed by atoms with Crippen molar-refractivity contribution < 1.29 is 22.9 Å². The molecule has 2 heterocycles. The summed E-state index contributed by atoms with van der Waals surface area (Å²) in [5, 5.41) is 21.3. The number of nitrogens with one attached hydrogen (secondary N) is 1. The standard InChI is InChI=1S/C21H15F3N6O3/c22-21(23,24)19-9-11-28(27-19)15-6-4-14(5-7-15)13-25-20(31)18-8-10-29(26-18)16-2-1-3-17(12-16)30(32)33/h1-12H,13H2,(H,25,31). The lowest BCUT2D eigenvalue weighted by Crippen LogP contribution is -2.23. The molecule has 12 heteroatoms. The molecule has 1 amide bonds. The summed E-state index contributed by atoms with van der Waals surface area (Å²) in [5.74, 6) is -0.454. The molecule has 0 aliphatic heterocycles. The van der Waals surface area contributed by atoms with Crippen molar-refractivity contribution >= 4 is 11.6 Å². The number of amides is 1. The van der Waals surface area contributed by atoms with Crippen LogP contribution in [0, 0.1) is 10.1 Å². The molecule has 168 valence electrons. The Hall–Kier alpha value is -4.48. The molecule has 0 atom stereocenters. The quantitative estimate of drug-likeness (QED) is 0.350. The van der Waals surface area contributed by atoms with E-state index in [0.717, 1.165) is 10.7 Å². The topological polar surface area (TPSA) is 108 Å². The molecule has 1 N–H and O–H groups in total. The maximum absolute atomic E-state index is 12.7. The normalized spacial score (nSPS) is 11.4. The van der Waals surface area contributed by atoms with Crippen molar-refractivity contribution in [3.63, 3.8) is 0 Å². The summed E-state index contributed by atoms with van der Waals surface area (Å²) < 4.78 is 40.6. The van der Waals surface area contributed by atoms with Crippen molar-refractivity contribution in [3.05, 3.63) is 100 Å². The molecule has 0 fully saturated rings. The highest BCUT2D eigenvalue weighted by Gasteiger charge is 2.33. The number of carbonyl (C=O) groups excluding carboxylic acids is 1. The number of hydrogen-bond acceptors (Lipinski definition) is 5. The average molecular weight is 456 g/mol. The zero-order valence-electron chi connectivity index (χ0n) is 16.7. The number of nitro benzene ring substituents is 1. The molecule has 0 spiro atoms. The third kappa shape index (κ3) is 4.89. The Morgan fingerprint density at radius 1 is 0.970 bits per heavy atom. The van der Waals surface area contributed by atoms with Crippen LogP contribution >= 0.6 is 0 Å². The van der Waals surface area contributed by atoms with E-state index in [0.29, 0.717) is 16.9 Å². The number of carbonyl (C=O) groups is 1. The van der Waals surface area contributed by atoms with E-state index in [1.165, 1.54) is 41.3 Å². The van der Waals surface area contributed by atoms with Gasteiger partial charge in [-0.15, -0.1) is 0 Å². The maximum atomic E-state index is 12.7. The molecule has 2 aromatic heterocycles. The van der Waals surface area contributed by atoms with Crippen molar-refractivity contribution in [2.75, 3.05) is 0 Å². The van der Waals surface area contributed by atoms with Gasteiger partial charge in [0.05, 0.1) is 16.3 Å². The van der Waals surface area contributed by atoms with Crippen molar-refractivity contribution in [2.24, 2.45) is 0 Å². The van der Waals surface area contributed by atoms with Crippen LogP contribution in [0.3, 0.4) is 0 Å². The third-order valence-electron chi connectivity index (χ3n) is 4.66. The van der Waals surface area contributed by atoms with Crippen LogP contribution in [0.4, 0.5) is 18.9 Å². The number of aromatic nitrogens is 4. The number of nitro groups is 1. The van der Waals surface area contributed by atoms with Crippen LogP contribution in [0.25, 0.3) is 11.4 Å². The molecule has 0 saturated carbocycles. The van der Waals surface area contributed by atoms with Gasteiger partial charge in [-0.3, -0.25) is 14.9 Å². The van der Waals surface area contributed by atoms with Gasteiger partial charge in [-0.05, 0) is 35.9 Å². The van der Waals surface area contributed by atoms with E-state index < -0.39 is 22.7 Å². The number of rotatable bonds is 6. The van der Waals surface area contributed by atoms with Gasteiger partial charge in [0, 0.05) is 31.1 Å². The summed E-state index contributed by atoms with van der Waals surface area (Å²) in [6, 6.07) is 14.7. The van der Waals surface area contributed by atoms with E-state index in [1.807, 2.05) is 0 Å². The highest BCUT2D eigenvalue weighted by Crippen LogP contribution is 2.27. The summed E-state index contributed by atoms with van der Waals surface area (Å²) in [5.41, 5.74) is 0.635. The van der Waals surface area contributed by atoms with Gasteiger partial charge >= 0.3 is 6.18 Å². The van der Waals surface area contributed by atoms with Crippen LogP contribution in [-0.2, 0) is 12.7 Å². The lowest BCUT2D eigenvalue weighted by molar-refractivity contribution is -0.384. The zero-order chi connectivity index (χ0) is 23.6. The van der Waals surface area contributed by atoms with E-state index in [2.05, 4.69) is 15.5 Å². The minimum absolute atomic E-state index is 0.0952. The summed E-state index contributed by atoms with van der Waals surface area (Å²) >= 11 is 0. The van der Waals surface area contributed by atoms with Crippen LogP contribution in [-0.4, -0.2) is 30.4 Å². The van der Waals surface area contributed by atoms with Gasteiger partial charge in [-0.1, -0.05) is 18.2 Å². The van der Waals surface area contributed by atoms with Crippen LogP contribution in [0.15, 0.2) is 73.1 Å². The second kappa shape index (κ2) is 8.57. The first kappa shape index (κ1) is 21.7. The summed E-state index contributed by atoms with van der Waals surface area (Å²) in [6.07, 6.45) is -1.78. The first-order chi connectivity index (χ1) is 15.7. The molecular formula is C21H15F3N6O3. The number of non-ortho nitro benzene ring substituents is 1. The Bertz CT molecular complexity index is 1310. The Morgan fingerprint density at radius 2 is 1.67 bits per heavy atom. The van der Waals surface area contributed by atoms with Gasteiger partial charge in [0.1, 0.15) is 0 Å². The average Bonchev–Trinajstić information content (AvgIpc) is 3.48. The largest absolute Gasteiger partial charge is 0.435 e. The van der Waals surface area contributed by atoms with Gasteiger partial charge in [-0.25, -0.2) is 9.36 Å². The second-order valence-electron chi connectivity index (χ2n) is 6.91. The van der Waals surface area contributed by atoms with Crippen molar-refractivity contribution in [1.29, 1.82) is 0 Å². The molecule has 4 aromatic rings. The van der Waals surface area contributed by atoms with E-state index in [9.17, 15) is 28.1 Å². The smallest absolute Gasteiger partial charge is 0.347 e. The molecular weight excluding hydrogens is 441 g/mol. The monoisotopic (exact) mass is 456 g/mol. The first-order valence-electron chi connectivity index (χ1n) is 9.51. The molecule has 33 heavy (non-hydrogen) atoms. The molecule has 9 nitrogen and oxygen atoms in total. The number of halogens is 3. The predicted octanol–water partition coefficient (Wildman–Crippen LogP) is 3.92. The molecule has 0 bridgehead atoms. The fourth-order valence-corrected chi connectivity index (χ4v) is 3.00. The van der Waals surface area contributed by atoms with E-state index >= 15 is 0 Å². The fraction of sp³-hybridized carbons (Fsp3) is 0.0952. The van der Waals surface area contributed by atoms with E-state index in [-0.39, 0.29) is 17.9 Å².